The minimum Gasteiger partial charge on any atom is -0.480 e. The molecule has 0 aliphatic heterocycles. The zero-order valence-electron chi connectivity index (χ0n) is 10.3. The summed E-state index contributed by atoms with van der Waals surface area (Å²) in [6.07, 6.45) is 0.907. The molecule has 0 rings (SSSR count). The number of rotatable bonds is 7. The summed E-state index contributed by atoms with van der Waals surface area (Å²) >= 11 is 0. The lowest BCUT2D eigenvalue weighted by Gasteiger charge is -2.23. The van der Waals surface area contributed by atoms with Gasteiger partial charge >= 0.3 is 5.97 Å². The highest BCUT2D eigenvalue weighted by molar-refractivity contribution is 5.81. The van der Waals surface area contributed by atoms with Crippen LogP contribution in [-0.4, -0.2) is 41.0 Å². The van der Waals surface area contributed by atoms with E-state index in [4.69, 9.17) is 10.8 Å². The molecular weight excluding hydrogens is 208 g/mol. The summed E-state index contributed by atoms with van der Waals surface area (Å²) in [4.78, 5) is 23.7. The Hall–Kier alpha value is -1.10. The van der Waals surface area contributed by atoms with Crippen LogP contribution in [-0.2, 0) is 9.59 Å². The van der Waals surface area contributed by atoms with Gasteiger partial charge < -0.3 is 15.7 Å². The van der Waals surface area contributed by atoms with Crippen LogP contribution in [0.3, 0.4) is 0 Å². The van der Waals surface area contributed by atoms with Gasteiger partial charge in [-0.25, -0.2) is 0 Å². The Bertz CT molecular complexity index is 239. The van der Waals surface area contributed by atoms with E-state index in [9.17, 15) is 9.59 Å². The Labute approximate surface area is 96.6 Å². The van der Waals surface area contributed by atoms with Crippen LogP contribution >= 0.6 is 0 Å². The first-order valence-electron chi connectivity index (χ1n) is 5.58. The largest absolute Gasteiger partial charge is 0.480 e. The maximum atomic E-state index is 11.7. The number of hydrogen-bond donors (Lipinski definition) is 2. The zero-order chi connectivity index (χ0) is 12.7. The van der Waals surface area contributed by atoms with Crippen molar-refractivity contribution in [2.24, 2.45) is 11.7 Å². The molecule has 0 aromatic rings. The third kappa shape index (κ3) is 7.23. The number of nitrogens with zero attached hydrogens (tertiary/aromatic N) is 1. The molecule has 0 radical (unpaired) electrons. The molecule has 5 nitrogen and oxygen atoms in total. The lowest BCUT2D eigenvalue weighted by atomic mass is 10.1. The number of nitrogens with two attached hydrogens (primary N) is 1. The van der Waals surface area contributed by atoms with E-state index in [0.29, 0.717) is 19.4 Å². The van der Waals surface area contributed by atoms with Gasteiger partial charge in [-0.3, -0.25) is 9.59 Å². The van der Waals surface area contributed by atoms with Crippen molar-refractivity contribution in [1.82, 2.24) is 4.90 Å². The van der Waals surface area contributed by atoms with Gasteiger partial charge in [0.1, 0.15) is 6.54 Å². The Morgan fingerprint density at radius 2 is 1.88 bits per heavy atom. The summed E-state index contributed by atoms with van der Waals surface area (Å²) in [5, 5.41) is 8.70. The van der Waals surface area contributed by atoms with E-state index in [1.54, 1.807) is 0 Å². The van der Waals surface area contributed by atoms with Gasteiger partial charge in [0, 0.05) is 19.0 Å². The van der Waals surface area contributed by atoms with Crippen molar-refractivity contribution < 1.29 is 14.7 Å². The monoisotopic (exact) mass is 230 g/mol. The Kier molecular flexibility index (Phi) is 6.72. The molecule has 0 aromatic carbocycles. The predicted octanol–water partition coefficient (Wildman–Crippen LogP) is 0.683. The van der Waals surface area contributed by atoms with Crippen molar-refractivity contribution in [3.63, 3.8) is 0 Å². The number of carbonyl (C=O) groups excluding carboxylic acids is 1. The Morgan fingerprint density at radius 1 is 1.31 bits per heavy atom. The fraction of sp³-hybridized carbons (Fsp3) is 0.818. The maximum absolute atomic E-state index is 11.7. The average molecular weight is 230 g/mol. The average Bonchev–Trinajstić information content (AvgIpc) is 2.11. The van der Waals surface area contributed by atoms with Gasteiger partial charge in [-0.1, -0.05) is 13.8 Å². The van der Waals surface area contributed by atoms with Gasteiger partial charge in [0.2, 0.25) is 5.91 Å². The molecule has 0 bridgehead atoms. The van der Waals surface area contributed by atoms with E-state index in [2.05, 4.69) is 0 Å². The van der Waals surface area contributed by atoms with E-state index < -0.39 is 5.97 Å². The molecule has 1 atom stereocenters. The molecule has 0 saturated heterocycles. The van der Waals surface area contributed by atoms with Gasteiger partial charge in [-0.15, -0.1) is 0 Å². The molecule has 0 aliphatic rings. The molecule has 16 heavy (non-hydrogen) atoms. The van der Waals surface area contributed by atoms with E-state index in [-0.39, 0.29) is 24.4 Å². The first-order chi connectivity index (χ1) is 7.32. The summed E-state index contributed by atoms with van der Waals surface area (Å²) in [5.41, 5.74) is 5.56. The molecule has 0 saturated carbocycles. The highest BCUT2D eigenvalue weighted by Gasteiger charge is 2.17. The van der Waals surface area contributed by atoms with E-state index >= 15 is 0 Å². The molecule has 1 amide bonds. The molecule has 0 aromatic heterocycles. The number of carbonyl (C=O) groups is 2. The van der Waals surface area contributed by atoms with Crippen LogP contribution in [0.1, 0.15) is 33.6 Å². The fourth-order valence-electron chi connectivity index (χ4n) is 1.37. The van der Waals surface area contributed by atoms with Crippen molar-refractivity contribution >= 4 is 11.9 Å². The predicted molar refractivity (Wildman–Crippen MR) is 61.9 cm³/mol. The van der Waals surface area contributed by atoms with Crippen molar-refractivity contribution in [1.29, 1.82) is 0 Å². The molecule has 0 spiro atoms. The normalized spacial score (nSPS) is 12.6. The standard InChI is InChI=1S/C11H22N2O3/c1-8(2)6-13(7-11(15)16)10(14)5-4-9(3)12/h8-9H,4-7,12H2,1-3H3,(H,15,16). The SMILES string of the molecule is CC(C)CN(CC(=O)O)C(=O)CCC(C)N. The quantitative estimate of drug-likeness (QED) is 0.673. The van der Waals surface area contributed by atoms with Gasteiger partial charge in [0.05, 0.1) is 0 Å². The molecule has 5 heteroatoms. The van der Waals surface area contributed by atoms with Crippen LogP contribution in [0.5, 0.6) is 0 Å². The van der Waals surface area contributed by atoms with Gasteiger partial charge in [-0.05, 0) is 19.3 Å². The number of amides is 1. The van der Waals surface area contributed by atoms with Crippen LogP contribution in [0.2, 0.25) is 0 Å². The van der Waals surface area contributed by atoms with Crippen LogP contribution in [0, 0.1) is 5.92 Å². The van der Waals surface area contributed by atoms with Crippen molar-refractivity contribution in [3.05, 3.63) is 0 Å². The smallest absolute Gasteiger partial charge is 0.323 e. The molecular formula is C11H22N2O3. The highest BCUT2D eigenvalue weighted by atomic mass is 16.4. The molecule has 3 N–H and O–H groups in total. The van der Waals surface area contributed by atoms with Crippen molar-refractivity contribution in [3.8, 4) is 0 Å². The van der Waals surface area contributed by atoms with Gasteiger partial charge in [0.15, 0.2) is 0 Å². The molecule has 0 aliphatic carbocycles. The third-order valence-electron chi connectivity index (χ3n) is 2.08. The van der Waals surface area contributed by atoms with Crippen molar-refractivity contribution in [2.45, 2.75) is 39.7 Å². The Morgan fingerprint density at radius 3 is 2.25 bits per heavy atom. The summed E-state index contributed by atoms with van der Waals surface area (Å²) < 4.78 is 0. The maximum Gasteiger partial charge on any atom is 0.323 e. The topological polar surface area (TPSA) is 83.6 Å². The minimum absolute atomic E-state index is 0.0327. The van der Waals surface area contributed by atoms with Gasteiger partial charge in [-0.2, -0.15) is 0 Å². The fourth-order valence-corrected chi connectivity index (χ4v) is 1.37. The number of carboxylic acids is 1. The number of carboxylic acid groups (broad SMARTS) is 1. The second-order valence-electron chi connectivity index (χ2n) is 4.58. The third-order valence-corrected chi connectivity index (χ3v) is 2.08. The molecule has 1 unspecified atom stereocenters. The second kappa shape index (κ2) is 7.22. The lowest BCUT2D eigenvalue weighted by molar-refractivity contribution is -0.144. The zero-order valence-corrected chi connectivity index (χ0v) is 10.3. The van der Waals surface area contributed by atoms with Crippen LogP contribution < -0.4 is 5.73 Å². The summed E-state index contributed by atoms with van der Waals surface area (Å²) in [7, 11) is 0. The first-order valence-corrected chi connectivity index (χ1v) is 5.58. The summed E-state index contributed by atoms with van der Waals surface area (Å²) in [6, 6.07) is -0.0327. The first kappa shape index (κ1) is 14.9. The van der Waals surface area contributed by atoms with Crippen LogP contribution in [0.4, 0.5) is 0 Å². The summed E-state index contributed by atoms with van der Waals surface area (Å²) in [5.74, 6) is -0.846. The number of aliphatic carboxylic acids is 1. The molecule has 0 heterocycles. The molecule has 94 valence electrons. The van der Waals surface area contributed by atoms with Gasteiger partial charge in [0.25, 0.3) is 0 Å². The highest BCUT2D eigenvalue weighted by Crippen LogP contribution is 2.04. The summed E-state index contributed by atoms with van der Waals surface area (Å²) in [6.45, 7) is 5.98. The van der Waals surface area contributed by atoms with E-state index in [1.165, 1.54) is 4.90 Å². The lowest BCUT2D eigenvalue weighted by Crippen LogP contribution is -2.38. The minimum atomic E-state index is -0.977. The second-order valence-corrected chi connectivity index (χ2v) is 4.58. The Balaban J connectivity index is 4.26. The van der Waals surface area contributed by atoms with E-state index in [1.807, 2.05) is 20.8 Å². The van der Waals surface area contributed by atoms with Crippen LogP contribution in [0.25, 0.3) is 0 Å². The molecule has 0 fully saturated rings. The van der Waals surface area contributed by atoms with Crippen molar-refractivity contribution in [2.75, 3.05) is 13.1 Å². The number of hydrogen-bond acceptors (Lipinski definition) is 3. The van der Waals surface area contributed by atoms with E-state index in [0.717, 1.165) is 0 Å². The van der Waals surface area contributed by atoms with Crippen LogP contribution in [0.15, 0.2) is 0 Å².